The molecule has 1 atom stereocenters. The molecule has 0 bridgehead atoms. The second kappa shape index (κ2) is 4.89. The highest BCUT2D eigenvalue weighted by atomic mass is 16.1. The Morgan fingerprint density at radius 3 is 3.27 bits per heavy atom. The molecule has 1 fully saturated rings. The number of hydrogen-bond acceptors (Lipinski definition) is 4. The van der Waals surface area contributed by atoms with E-state index in [1.165, 1.54) is 6.42 Å². The number of nitrogens with one attached hydrogen (secondary N) is 2. The second-order valence-corrected chi connectivity index (χ2v) is 3.77. The fraction of sp³-hybridized carbons (Fsp3) is 0.455. The number of aldehydes is 1. The second-order valence-electron chi connectivity index (χ2n) is 3.77. The van der Waals surface area contributed by atoms with Crippen molar-refractivity contribution in [3.63, 3.8) is 0 Å². The average molecular weight is 205 g/mol. The van der Waals surface area contributed by atoms with E-state index in [0.29, 0.717) is 11.6 Å². The van der Waals surface area contributed by atoms with Crippen molar-refractivity contribution in [1.82, 2.24) is 10.3 Å². The standard InChI is InChI=1S/C11H15N3O/c15-8-9-6-13-5-3-11(9)14-10-2-1-4-12-7-10/h3,5-6,8,10,12H,1-2,4,7H2,(H,13,14). The highest BCUT2D eigenvalue weighted by Crippen LogP contribution is 2.15. The van der Waals surface area contributed by atoms with Crippen LogP contribution >= 0.6 is 0 Å². The van der Waals surface area contributed by atoms with Gasteiger partial charge < -0.3 is 10.6 Å². The molecule has 1 aliphatic rings. The van der Waals surface area contributed by atoms with Crippen LogP contribution in [0.25, 0.3) is 0 Å². The lowest BCUT2D eigenvalue weighted by molar-refractivity contribution is 0.112. The van der Waals surface area contributed by atoms with E-state index in [0.717, 1.165) is 31.5 Å². The van der Waals surface area contributed by atoms with Crippen LogP contribution < -0.4 is 10.6 Å². The minimum absolute atomic E-state index is 0.417. The fourth-order valence-electron chi connectivity index (χ4n) is 1.83. The summed E-state index contributed by atoms with van der Waals surface area (Å²) in [6.45, 7) is 2.05. The Kier molecular flexibility index (Phi) is 3.29. The van der Waals surface area contributed by atoms with E-state index in [1.54, 1.807) is 12.4 Å². The molecule has 0 saturated carbocycles. The Balaban J connectivity index is 2.05. The Hall–Kier alpha value is -1.42. The zero-order chi connectivity index (χ0) is 10.5. The minimum Gasteiger partial charge on any atom is -0.380 e. The van der Waals surface area contributed by atoms with Gasteiger partial charge in [-0.2, -0.15) is 0 Å². The van der Waals surface area contributed by atoms with Crippen molar-refractivity contribution < 1.29 is 4.79 Å². The lowest BCUT2D eigenvalue weighted by Crippen LogP contribution is -2.38. The van der Waals surface area contributed by atoms with Gasteiger partial charge in [0.15, 0.2) is 6.29 Å². The molecule has 2 rings (SSSR count). The topological polar surface area (TPSA) is 54.0 Å². The molecule has 4 heteroatoms. The molecule has 1 unspecified atom stereocenters. The van der Waals surface area contributed by atoms with Crippen LogP contribution in [0.15, 0.2) is 18.5 Å². The van der Waals surface area contributed by atoms with E-state index in [9.17, 15) is 4.79 Å². The highest BCUT2D eigenvalue weighted by Gasteiger charge is 2.13. The summed E-state index contributed by atoms with van der Waals surface area (Å²) in [6.07, 6.45) is 6.45. The van der Waals surface area contributed by atoms with Crippen LogP contribution in [0.4, 0.5) is 5.69 Å². The van der Waals surface area contributed by atoms with Gasteiger partial charge in [-0.25, -0.2) is 0 Å². The molecule has 80 valence electrons. The van der Waals surface area contributed by atoms with Crippen LogP contribution in [0.3, 0.4) is 0 Å². The molecule has 0 radical (unpaired) electrons. The molecule has 4 nitrogen and oxygen atoms in total. The zero-order valence-electron chi connectivity index (χ0n) is 8.57. The molecule has 1 aromatic heterocycles. The number of aromatic nitrogens is 1. The summed E-state index contributed by atoms with van der Waals surface area (Å²) in [5.74, 6) is 0. The van der Waals surface area contributed by atoms with Crippen LogP contribution in [0.2, 0.25) is 0 Å². The molecule has 1 saturated heterocycles. The summed E-state index contributed by atoms with van der Waals surface area (Å²) in [4.78, 5) is 14.7. The first kappa shape index (κ1) is 10.1. The molecule has 2 N–H and O–H groups in total. The molecule has 1 aliphatic heterocycles. The van der Waals surface area contributed by atoms with Crippen molar-refractivity contribution in [3.8, 4) is 0 Å². The van der Waals surface area contributed by atoms with Crippen LogP contribution in [0.5, 0.6) is 0 Å². The number of hydrogen-bond donors (Lipinski definition) is 2. The van der Waals surface area contributed by atoms with Crippen LogP contribution in [0, 0.1) is 0 Å². The van der Waals surface area contributed by atoms with Crippen molar-refractivity contribution in [2.45, 2.75) is 18.9 Å². The quantitative estimate of drug-likeness (QED) is 0.724. The van der Waals surface area contributed by atoms with Crippen LogP contribution in [0.1, 0.15) is 23.2 Å². The van der Waals surface area contributed by atoms with Crippen molar-refractivity contribution in [3.05, 3.63) is 24.0 Å². The Morgan fingerprint density at radius 2 is 2.53 bits per heavy atom. The zero-order valence-corrected chi connectivity index (χ0v) is 8.57. The van der Waals surface area contributed by atoms with Gasteiger partial charge in [0.2, 0.25) is 0 Å². The Bertz CT molecular complexity index is 334. The Morgan fingerprint density at radius 1 is 1.60 bits per heavy atom. The van der Waals surface area contributed by atoms with Crippen LogP contribution in [-0.2, 0) is 0 Å². The molecule has 0 amide bonds. The molecular weight excluding hydrogens is 190 g/mol. The number of rotatable bonds is 3. The summed E-state index contributed by atoms with van der Waals surface area (Å²) in [7, 11) is 0. The molecule has 2 heterocycles. The van der Waals surface area contributed by atoms with Crippen molar-refractivity contribution in [2.75, 3.05) is 18.4 Å². The molecule has 15 heavy (non-hydrogen) atoms. The third-order valence-corrected chi connectivity index (χ3v) is 2.64. The largest absolute Gasteiger partial charge is 0.380 e. The van der Waals surface area contributed by atoms with Gasteiger partial charge in [0.25, 0.3) is 0 Å². The number of piperidine rings is 1. The maximum atomic E-state index is 10.8. The lowest BCUT2D eigenvalue weighted by atomic mass is 10.1. The average Bonchev–Trinajstić information content (AvgIpc) is 2.31. The molecular formula is C11H15N3O. The normalized spacial score (nSPS) is 20.9. The van der Waals surface area contributed by atoms with E-state index in [1.807, 2.05) is 6.07 Å². The van der Waals surface area contributed by atoms with Crippen LogP contribution in [-0.4, -0.2) is 30.4 Å². The van der Waals surface area contributed by atoms with Gasteiger partial charge in [0.05, 0.1) is 5.56 Å². The van der Waals surface area contributed by atoms with Crippen molar-refractivity contribution >= 4 is 12.0 Å². The number of pyridine rings is 1. The van der Waals surface area contributed by atoms with E-state index in [-0.39, 0.29) is 0 Å². The van der Waals surface area contributed by atoms with Gasteiger partial charge in [-0.15, -0.1) is 0 Å². The first-order chi connectivity index (χ1) is 7.40. The van der Waals surface area contributed by atoms with Gasteiger partial charge in [-0.05, 0) is 25.5 Å². The summed E-state index contributed by atoms with van der Waals surface area (Å²) >= 11 is 0. The summed E-state index contributed by atoms with van der Waals surface area (Å²) in [5, 5.41) is 6.69. The highest BCUT2D eigenvalue weighted by molar-refractivity contribution is 5.83. The number of anilines is 1. The third-order valence-electron chi connectivity index (χ3n) is 2.64. The first-order valence-corrected chi connectivity index (χ1v) is 5.26. The van der Waals surface area contributed by atoms with E-state index < -0.39 is 0 Å². The van der Waals surface area contributed by atoms with Gasteiger partial charge in [0, 0.05) is 30.7 Å². The number of carbonyl (C=O) groups excluding carboxylic acids is 1. The predicted molar refractivity (Wildman–Crippen MR) is 59.1 cm³/mol. The third kappa shape index (κ3) is 2.53. The lowest BCUT2D eigenvalue weighted by Gasteiger charge is -2.25. The van der Waals surface area contributed by atoms with E-state index in [2.05, 4.69) is 15.6 Å². The van der Waals surface area contributed by atoms with Gasteiger partial charge in [-0.1, -0.05) is 0 Å². The minimum atomic E-state index is 0.417. The molecule has 0 aliphatic carbocycles. The van der Waals surface area contributed by atoms with Gasteiger partial charge in [-0.3, -0.25) is 9.78 Å². The fourth-order valence-corrected chi connectivity index (χ4v) is 1.83. The molecule has 0 spiro atoms. The predicted octanol–water partition coefficient (Wildman–Crippen LogP) is 1.06. The first-order valence-electron chi connectivity index (χ1n) is 5.26. The molecule has 0 aromatic carbocycles. The van der Waals surface area contributed by atoms with Gasteiger partial charge in [0.1, 0.15) is 0 Å². The van der Waals surface area contributed by atoms with E-state index in [4.69, 9.17) is 0 Å². The number of carbonyl (C=O) groups is 1. The SMILES string of the molecule is O=Cc1cnccc1NC1CCCNC1. The smallest absolute Gasteiger partial charge is 0.153 e. The summed E-state index contributed by atoms with van der Waals surface area (Å²) in [6, 6.07) is 2.26. The Labute approximate surface area is 89.1 Å². The van der Waals surface area contributed by atoms with Gasteiger partial charge >= 0.3 is 0 Å². The maximum Gasteiger partial charge on any atom is 0.153 e. The maximum absolute atomic E-state index is 10.8. The van der Waals surface area contributed by atoms with E-state index >= 15 is 0 Å². The monoisotopic (exact) mass is 205 g/mol. The molecule has 1 aromatic rings. The summed E-state index contributed by atoms with van der Waals surface area (Å²) in [5.41, 5.74) is 1.51. The van der Waals surface area contributed by atoms with Crippen molar-refractivity contribution in [1.29, 1.82) is 0 Å². The van der Waals surface area contributed by atoms with Crippen molar-refractivity contribution in [2.24, 2.45) is 0 Å². The number of nitrogens with zero attached hydrogens (tertiary/aromatic N) is 1. The summed E-state index contributed by atoms with van der Waals surface area (Å²) < 4.78 is 0.